The van der Waals surface area contributed by atoms with Gasteiger partial charge in [-0.15, -0.1) is 0 Å². The van der Waals surface area contributed by atoms with Gasteiger partial charge in [0, 0.05) is 13.0 Å². The number of esters is 1. The van der Waals surface area contributed by atoms with Crippen LogP contribution < -0.4 is 10.6 Å². The molecule has 0 aliphatic carbocycles. The summed E-state index contributed by atoms with van der Waals surface area (Å²) in [5, 5.41) is 14.0. The highest BCUT2D eigenvalue weighted by atomic mass is 16.5. The molecule has 0 aromatic rings. The van der Waals surface area contributed by atoms with Crippen molar-refractivity contribution in [3.63, 3.8) is 0 Å². The smallest absolute Gasteiger partial charge is 0.326 e. The molecule has 1 heterocycles. The van der Waals surface area contributed by atoms with Crippen LogP contribution in [0.5, 0.6) is 0 Å². The molecular weight excluding hydrogens is 268 g/mol. The van der Waals surface area contributed by atoms with E-state index in [2.05, 4.69) is 15.4 Å². The Hall–Kier alpha value is -1.83. The maximum Gasteiger partial charge on any atom is 0.326 e. The molecule has 0 saturated carbocycles. The summed E-state index contributed by atoms with van der Waals surface area (Å²) in [6, 6.07) is -1.85. The average Bonchev–Trinajstić information content (AvgIpc) is 2.79. The topological polar surface area (TPSA) is 114 Å². The van der Waals surface area contributed by atoms with Crippen molar-refractivity contribution in [1.82, 2.24) is 10.6 Å². The normalized spacial score (nSPS) is 22.9. The van der Waals surface area contributed by atoms with Gasteiger partial charge in [-0.05, 0) is 19.8 Å². The Morgan fingerprint density at radius 1 is 1.45 bits per heavy atom. The van der Waals surface area contributed by atoms with Gasteiger partial charge in [0.1, 0.15) is 6.04 Å². The predicted octanol–water partition coefficient (Wildman–Crippen LogP) is -0.131. The number of carbonyl (C=O) groups excluding carboxylic acids is 2. The summed E-state index contributed by atoms with van der Waals surface area (Å²) in [7, 11) is 1.22. The number of amides is 2. The summed E-state index contributed by atoms with van der Waals surface area (Å²) in [5.74, 6) is -1.71. The van der Waals surface area contributed by atoms with Gasteiger partial charge >= 0.3 is 18.0 Å². The minimum absolute atomic E-state index is 0.0217. The number of carboxylic acids is 1. The van der Waals surface area contributed by atoms with Gasteiger partial charge in [0.2, 0.25) is 0 Å². The second-order valence-electron chi connectivity index (χ2n) is 4.59. The summed E-state index contributed by atoms with van der Waals surface area (Å²) < 4.78 is 9.72. The molecule has 1 aliphatic rings. The van der Waals surface area contributed by atoms with E-state index in [0.29, 0.717) is 13.0 Å². The number of hydrogen-bond donors (Lipinski definition) is 3. The Morgan fingerprint density at radius 3 is 2.65 bits per heavy atom. The van der Waals surface area contributed by atoms with E-state index in [0.717, 1.165) is 0 Å². The Bertz CT molecular complexity index is 373. The van der Waals surface area contributed by atoms with E-state index in [1.165, 1.54) is 7.11 Å². The summed E-state index contributed by atoms with van der Waals surface area (Å²) in [5.41, 5.74) is 0. The van der Waals surface area contributed by atoms with Crippen LogP contribution in [0.1, 0.15) is 26.2 Å². The monoisotopic (exact) mass is 288 g/mol. The van der Waals surface area contributed by atoms with Crippen LogP contribution in [0.4, 0.5) is 4.79 Å². The Morgan fingerprint density at radius 2 is 2.15 bits per heavy atom. The molecule has 0 bridgehead atoms. The number of ether oxygens (including phenoxy) is 2. The first-order chi connectivity index (χ1) is 9.43. The molecule has 8 nitrogen and oxygen atoms in total. The zero-order valence-electron chi connectivity index (χ0n) is 11.5. The van der Waals surface area contributed by atoms with Crippen molar-refractivity contribution in [3.8, 4) is 0 Å². The lowest BCUT2D eigenvalue weighted by atomic mass is 10.1. The number of urea groups is 1. The van der Waals surface area contributed by atoms with E-state index in [1.54, 1.807) is 0 Å². The third-order valence-electron chi connectivity index (χ3n) is 3.16. The molecule has 8 heteroatoms. The van der Waals surface area contributed by atoms with E-state index in [-0.39, 0.29) is 25.0 Å². The van der Waals surface area contributed by atoms with Crippen LogP contribution in [0, 0.1) is 0 Å². The van der Waals surface area contributed by atoms with Crippen molar-refractivity contribution >= 4 is 18.0 Å². The second kappa shape index (κ2) is 7.68. The number of carbonyl (C=O) groups is 3. The third-order valence-corrected chi connectivity index (χ3v) is 3.16. The highest BCUT2D eigenvalue weighted by molar-refractivity contribution is 5.83. The zero-order chi connectivity index (χ0) is 15.1. The molecule has 1 aliphatic heterocycles. The Balaban J connectivity index is 2.42. The third kappa shape index (κ3) is 5.04. The van der Waals surface area contributed by atoms with E-state index >= 15 is 0 Å². The Kier molecular flexibility index (Phi) is 6.23. The average molecular weight is 288 g/mol. The van der Waals surface area contributed by atoms with Gasteiger partial charge in [-0.2, -0.15) is 0 Å². The van der Waals surface area contributed by atoms with Crippen molar-refractivity contribution in [2.24, 2.45) is 0 Å². The highest BCUT2D eigenvalue weighted by Gasteiger charge is 2.27. The van der Waals surface area contributed by atoms with Crippen molar-refractivity contribution in [2.45, 2.75) is 44.4 Å². The van der Waals surface area contributed by atoms with Crippen molar-refractivity contribution in [2.75, 3.05) is 13.7 Å². The van der Waals surface area contributed by atoms with Gasteiger partial charge in [0.05, 0.1) is 19.3 Å². The van der Waals surface area contributed by atoms with Crippen LogP contribution in [-0.2, 0) is 19.1 Å². The van der Waals surface area contributed by atoms with Gasteiger partial charge < -0.3 is 25.2 Å². The second-order valence-corrected chi connectivity index (χ2v) is 4.59. The summed E-state index contributed by atoms with van der Waals surface area (Å²) in [6.45, 7) is 2.40. The number of nitrogens with one attached hydrogen (secondary N) is 2. The number of hydrogen-bond acceptors (Lipinski definition) is 5. The molecule has 20 heavy (non-hydrogen) atoms. The molecule has 1 fully saturated rings. The van der Waals surface area contributed by atoms with Gasteiger partial charge in [-0.25, -0.2) is 9.59 Å². The van der Waals surface area contributed by atoms with Crippen LogP contribution in [-0.4, -0.2) is 55.0 Å². The molecule has 3 N–H and O–H groups in total. The fourth-order valence-corrected chi connectivity index (χ4v) is 1.91. The van der Waals surface area contributed by atoms with E-state index in [1.807, 2.05) is 6.92 Å². The number of rotatable bonds is 6. The molecule has 2 amide bonds. The molecule has 3 atom stereocenters. The summed E-state index contributed by atoms with van der Waals surface area (Å²) in [4.78, 5) is 33.7. The minimum Gasteiger partial charge on any atom is -0.480 e. The lowest BCUT2D eigenvalue weighted by Gasteiger charge is -2.19. The minimum atomic E-state index is -1.19. The van der Waals surface area contributed by atoms with E-state index in [9.17, 15) is 14.4 Å². The molecule has 2 unspecified atom stereocenters. The molecule has 0 aromatic heterocycles. The predicted molar refractivity (Wildman–Crippen MR) is 68.2 cm³/mol. The standard InChI is InChI=1S/C12H20N2O6/c1-7-8(5-6-20-7)13-12(18)14-9(11(16)17)3-4-10(15)19-2/h7-9H,3-6H2,1-2H3,(H,16,17)(H2,13,14,18)/t7?,8?,9-/m0/s1. The molecule has 1 rings (SSSR count). The molecule has 0 radical (unpaired) electrons. The molecule has 114 valence electrons. The van der Waals surface area contributed by atoms with Gasteiger partial charge in [-0.1, -0.05) is 0 Å². The fourth-order valence-electron chi connectivity index (χ4n) is 1.91. The van der Waals surface area contributed by atoms with Crippen molar-refractivity contribution < 1.29 is 29.0 Å². The fraction of sp³-hybridized carbons (Fsp3) is 0.750. The first-order valence-corrected chi connectivity index (χ1v) is 6.42. The van der Waals surface area contributed by atoms with Gasteiger partial charge in [0.25, 0.3) is 0 Å². The highest BCUT2D eigenvalue weighted by Crippen LogP contribution is 2.12. The molecular formula is C12H20N2O6. The maximum absolute atomic E-state index is 11.7. The lowest BCUT2D eigenvalue weighted by molar-refractivity contribution is -0.142. The summed E-state index contributed by atoms with van der Waals surface area (Å²) >= 11 is 0. The van der Waals surface area contributed by atoms with Crippen LogP contribution in [0.25, 0.3) is 0 Å². The van der Waals surface area contributed by atoms with Gasteiger partial charge in [0.15, 0.2) is 0 Å². The number of aliphatic carboxylic acids is 1. The van der Waals surface area contributed by atoms with E-state index < -0.39 is 24.0 Å². The van der Waals surface area contributed by atoms with Crippen LogP contribution in [0.2, 0.25) is 0 Å². The molecule has 0 spiro atoms. The SMILES string of the molecule is COC(=O)CC[C@H](NC(=O)NC1CCOC1C)C(=O)O. The lowest BCUT2D eigenvalue weighted by Crippen LogP contribution is -2.50. The maximum atomic E-state index is 11.7. The number of carboxylic acid groups (broad SMARTS) is 1. The first kappa shape index (κ1) is 16.2. The van der Waals surface area contributed by atoms with Crippen molar-refractivity contribution in [1.29, 1.82) is 0 Å². The van der Waals surface area contributed by atoms with Crippen LogP contribution in [0.15, 0.2) is 0 Å². The molecule has 1 saturated heterocycles. The summed E-state index contributed by atoms with van der Waals surface area (Å²) in [6.07, 6.45) is 0.497. The first-order valence-electron chi connectivity index (χ1n) is 6.42. The van der Waals surface area contributed by atoms with Gasteiger partial charge in [-0.3, -0.25) is 4.79 Å². The zero-order valence-corrected chi connectivity index (χ0v) is 11.5. The molecule has 0 aromatic carbocycles. The van der Waals surface area contributed by atoms with Crippen LogP contribution in [0.3, 0.4) is 0 Å². The number of methoxy groups -OCH3 is 1. The largest absolute Gasteiger partial charge is 0.480 e. The van der Waals surface area contributed by atoms with Crippen molar-refractivity contribution in [3.05, 3.63) is 0 Å². The van der Waals surface area contributed by atoms with Crippen LogP contribution >= 0.6 is 0 Å². The van der Waals surface area contributed by atoms with E-state index in [4.69, 9.17) is 9.84 Å². The quantitative estimate of drug-likeness (QED) is 0.587. The Labute approximate surface area is 116 Å².